The standard InChI is InChI=1S/C15H10F4N2O4/c1-14(2)24-12(22)8(13(23)25-14)6-21-11-7(5-20)10(16)4-3-9(11)15(17,18)19/h3-4,6,21H,1-2H3. The molecule has 0 bridgehead atoms. The highest BCUT2D eigenvalue weighted by Gasteiger charge is 2.40. The van der Waals surface area contributed by atoms with Gasteiger partial charge in [0.05, 0.1) is 11.3 Å². The minimum absolute atomic E-state index is 0.428. The first kappa shape index (κ1) is 18.3. The summed E-state index contributed by atoms with van der Waals surface area (Å²) < 4.78 is 62.3. The first-order valence-electron chi connectivity index (χ1n) is 6.69. The van der Waals surface area contributed by atoms with Crippen molar-refractivity contribution in [2.75, 3.05) is 5.32 Å². The summed E-state index contributed by atoms with van der Waals surface area (Å²) in [4.78, 5) is 23.5. The van der Waals surface area contributed by atoms with Gasteiger partial charge in [0.1, 0.15) is 17.4 Å². The van der Waals surface area contributed by atoms with Crippen LogP contribution in [0.3, 0.4) is 0 Å². The molecule has 0 aromatic heterocycles. The van der Waals surface area contributed by atoms with Crippen LogP contribution < -0.4 is 5.32 Å². The van der Waals surface area contributed by atoms with Crippen molar-refractivity contribution in [2.24, 2.45) is 0 Å². The van der Waals surface area contributed by atoms with E-state index in [4.69, 9.17) is 14.7 Å². The molecule has 1 saturated heterocycles. The number of nitrogens with one attached hydrogen (secondary N) is 1. The first-order chi connectivity index (χ1) is 11.5. The quantitative estimate of drug-likeness (QED) is 0.379. The number of rotatable bonds is 2. The van der Waals surface area contributed by atoms with Crippen molar-refractivity contribution in [1.82, 2.24) is 0 Å². The zero-order chi connectivity index (χ0) is 19.0. The molecule has 0 aliphatic carbocycles. The predicted molar refractivity (Wildman–Crippen MR) is 74.1 cm³/mol. The Balaban J connectivity index is 2.47. The molecule has 1 aromatic carbocycles. The van der Waals surface area contributed by atoms with Crippen LogP contribution >= 0.6 is 0 Å². The molecule has 25 heavy (non-hydrogen) atoms. The zero-order valence-electron chi connectivity index (χ0n) is 12.8. The van der Waals surface area contributed by atoms with E-state index in [-0.39, 0.29) is 0 Å². The average molecular weight is 358 g/mol. The maximum Gasteiger partial charge on any atom is 0.418 e. The third kappa shape index (κ3) is 3.71. The number of cyclic esters (lactones) is 2. The van der Waals surface area contributed by atoms with Gasteiger partial charge in [0.15, 0.2) is 5.57 Å². The molecule has 0 unspecified atom stereocenters. The summed E-state index contributed by atoms with van der Waals surface area (Å²) >= 11 is 0. The van der Waals surface area contributed by atoms with E-state index in [1.165, 1.54) is 19.9 Å². The highest BCUT2D eigenvalue weighted by atomic mass is 19.4. The second-order valence-electron chi connectivity index (χ2n) is 5.34. The van der Waals surface area contributed by atoms with Crippen LogP contribution in [0.25, 0.3) is 0 Å². The fourth-order valence-corrected chi connectivity index (χ4v) is 2.00. The molecular formula is C15H10F4N2O4. The maximum absolute atomic E-state index is 13.6. The summed E-state index contributed by atoms with van der Waals surface area (Å²) in [5.74, 6) is -5.01. The summed E-state index contributed by atoms with van der Waals surface area (Å²) in [6, 6.07) is 2.22. The Kier molecular flexibility index (Phi) is 4.44. The van der Waals surface area contributed by atoms with Gasteiger partial charge in [-0.25, -0.2) is 14.0 Å². The minimum atomic E-state index is -4.91. The van der Waals surface area contributed by atoms with Gasteiger partial charge in [-0.1, -0.05) is 0 Å². The van der Waals surface area contributed by atoms with Crippen molar-refractivity contribution >= 4 is 17.6 Å². The van der Waals surface area contributed by atoms with Gasteiger partial charge in [0, 0.05) is 20.0 Å². The molecule has 6 nitrogen and oxygen atoms in total. The van der Waals surface area contributed by atoms with Crippen LogP contribution in [0.4, 0.5) is 23.2 Å². The molecule has 0 atom stereocenters. The number of nitriles is 1. The molecule has 1 fully saturated rings. The average Bonchev–Trinajstić information content (AvgIpc) is 2.43. The Morgan fingerprint density at radius 2 is 1.76 bits per heavy atom. The summed E-state index contributed by atoms with van der Waals surface area (Å²) in [5, 5.41) is 10.9. The van der Waals surface area contributed by atoms with Crippen LogP contribution in [0.2, 0.25) is 0 Å². The van der Waals surface area contributed by atoms with Crippen LogP contribution in [0.5, 0.6) is 0 Å². The molecule has 0 amide bonds. The van der Waals surface area contributed by atoms with E-state index in [0.29, 0.717) is 18.3 Å². The van der Waals surface area contributed by atoms with E-state index in [9.17, 15) is 27.2 Å². The second-order valence-corrected chi connectivity index (χ2v) is 5.34. The molecular weight excluding hydrogens is 348 g/mol. The zero-order valence-corrected chi connectivity index (χ0v) is 12.8. The van der Waals surface area contributed by atoms with Crippen LogP contribution in [0.1, 0.15) is 25.0 Å². The Labute approximate surface area is 138 Å². The van der Waals surface area contributed by atoms with E-state index in [2.05, 4.69) is 0 Å². The molecule has 2 rings (SSSR count). The van der Waals surface area contributed by atoms with Gasteiger partial charge in [-0.3, -0.25) is 0 Å². The van der Waals surface area contributed by atoms with Gasteiger partial charge < -0.3 is 14.8 Å². The topological polar surface area (TPSA) is 88.4 Å². The Bertz CT molecular complexity index is 800. The highest BCUT2D eigenvalue weighted by Crippen LogP contribution is 2.37. The number of anilines is 1. The smallest absolute Gasteiger partial charge is 0.418 e. The number of benzene rings is 1. The number of carbonyl (C=O) groups is 2. The number of esters is 2. The lowest BCUT2D eigenvalue weighted by atomic mass is 10.1. The molecule has 1 N–H and O–H groups in total. The SMILES string of the molecule is CC1(C)OC(=O)C(=CNc2c(C(F)(F)F)ccc(F)c2C#N)C(=O)O1. The minimum Gasteiger partial charge on any atom is -0.419 e. The van der Waals surface area contributed by atoms with Gasteiger partial charge in [-0.05, 0) is 12.1 Å². The molecule has 0 saturated carbocycles. The largest absolute Gasteiger partial charge is 0.419 e. The molecule has 1 heterocycles. The van der Waals surface area contributed by atoms with E-state index < -0.39 is 52.1 Å². The summed E-state index contributed by atoms with van der Waals surface area (Å²) in [6.07, 6.45) is -4.33. The third-order valence-corrected chi connectivity index (χ3v) is 3.05. The fourth-order valence-electron chi connectivity index (χ4n) is 2.00. The normalized spacial score (nSPS) is 16.6. The van der Waals surface area contributed by atoms with Gasteiger partial charge in [0.25, 0.3) is 5.79 Å². The van der Waals surface area contributed by atoms with Crippen molar-refractivity contribution in [3.05, 3.63) is 40.8 Å². The fraction of sp³-hybridized carbons (Fsp3) is 0.267. The van der Waals surface area contributed by atoms with Crippen LogP contribution in [0, 0.1) is 17.1 Å². The van der Waals surface area contributed by atoms with Crippen LogP contribution in [-0.2, 0) is 25.2 Å². The van der Waals surface area contributed by atoms with Crippen molar-refractivity contribution < 1.29 is 36.6 Å². The molecule has 10 heteroatoms. The summed E-state index contributed by atoms with van der Waals surface area (Å²) in [5.41, 5.74) is -3.95. The van der Waals surface area contributed by atoms with E-state index in [1.807, 2.05) is 5.32 Å². The Morgan fingerprint density at radius 1 is 1.20 bits per heavy atom. The predicted octanol–water partition coefficient (Wildman–Crippen LogP) is 2.85. The number of nitrogens with zero attached hydrogens (tertiary/aromatic N) is 1. The van der Waals surface area contributed by atoms with Crippen molar-refractivity contribution in [3.63, 3.8) is 0 Å². The van der Waals surface area contributed by atoms with E-state index in [0.717, 1.165) is 0 Å². The lowest BCUT2D eigenvalue weighted by Gasteiger charge is -2.29. The van der Waals surface area contributed by atoms with Crippen molar-refractivity contribution in [2.45, 2.75) is 25.8 Å². The second kappa shape index (κ2) is 6.08. The van der Waals surface area contributed by atoms with Gasteiger partial charge in [-0.15, -0.1) is 0 Å². The molecule has 1 aliphatic rings. The molecule has 1 aromatic rings. The number of halogens is 4. The highest BCUT2D eigenvalue weighted by molar-refractivity contribution is 6.15. The number of ether oxygens (including phenoxy) is 2. The Morgan fingerprint density at radius 3 is 2.24 bits per heavy atom. The van der Waals surface area contributed by atoms with Crippen LogP contribution in [0.15, 0.2) is 23.9 Å². The van der Waals surface area contributed by atoms with E-state index >= 15 is 0 Å². The number of hydrogen-bond donors (Lipinski definition) is 1. The third-order valence-electron chi connectivity index (χ3n) is 3.05. The lowest BCUT2D eigenvalue weighted by molar-refractivity contribution is -0.222. The summed E-state index contributed by atoms with van der Waals surface area (Å²) in [7, 11) is 0. The molecule has 1 aliphatic heterocycles. The summed E-state index contributed by atoms with van der Waals surface area (Å²) in [6.45, 7) is 2.57. The first-order valence-corrected chi connectivity index (χ1v) is 6.69. The monoisotopic (exact) mass is 358 g/mol. The van der Waals surface area contributed by atoms with Crippen molar-refractivity contribution in [1.29, 1.82) is 5.26 Å². The lowest BCUT2D eigenvalue weighted by Crippen LogP contribution is -2.42. The number of carbonyl (C=O) groups excluding carboxylic acids is 2. The molecule has 0 spiro atoms. The van der Waals surface area contributed by atoms with Gasteiger partial charge in [0.2, 0.25) is 0 Å². The Hall–Kier alpha value is -3.09. The van der Waals surface area contributed by atoms with E-state index in [1.54, 1.807) is 0 Å². The number of hydrogen-bond acceptors (Lipinski definition) is 6. The van der Waals surface area contributed by atoms with Gasteiger partial charge in [-0.2, -0.15) is 18.4 Å². The van der Waals surface area contributed by atoms with Gasteiger partial charge >= 0.3 is 18.1 Å². The van der Waals surface area contributed by atoms with Crippen LogP contribution in [-0.4, -0.2) is 17.7 Å². The van der Waals surface area contributed by atoms with Crippen molar-refractivity contribution in [3.8, 4) is 6.07 Å². The molecule has 132 valence electrons. The maximum atomic E-state index is 13.6. The molecule has 0 radical (unpaired) electrons. The number of alkyl halides is 3.